The Morgan fingerprint density at radius 3 is 2.83 bits per heavy atom. The molecule has 3 aromatic rings. The molecule has 0 spiro atoms. The molecule has 2 aromatic carbocycles. The topological polar surface area (TPSA) is 72.5 Å². The molecule has 0 saturated heterocycles. The van der Waals surface area contributed by atoms with Crippen molar-refractivity contribution in [1.29, 1.82) is 0 Å². The molecule has 1 aliphatic heterocycles. The molecule has 0 aliphatic carbocycles. The van der Waals surface area contributed by atoms with Crippen LogP contribution in [0.3, 0.4) is 0 Å². The number of nitrogens with zero attached hydrogens (tertiary/aromatic N) is 1. The zero-order chi connectivity index (χ0) is 20.1. The minimum Gasteiger partial charge on any atom is -0.454 e. The van der Waals surface area contributed by atoms with E-state index in [9.17, 15) is 9.18 Å². The summed E-state index contributed by atoms with van der Waals surface area (Å²) in [5.74, 6) is 0.952. The second-order valence-corrected chi connectivity index (χ2v) is 6.60. The van der Waals surface area contributed by atoms with E-state index in [1.54, 1.807) is 30.5 Å². The molecular weight excluding hydrogens is 373 g/mol. The third-order valence-electron chi connectivity index (χ3n) is 4.57. The van der Waals surface area contributed by atoms with Crippen molar-refractivity contribution < 1.29 is 18.7 Å². The highest BCUT2D eigenvalue weighted by atomic mass is 19.1. The van der Waals surface area contributed by atoms with Gasteiger partial charge in [0.1, 0.15) is 5.82 Å². The number of carbonyl (C=O) groups is 1. The van der Waals surface area contributed by atoms with Gasteiger partial charge in [0.2, 0.25) is 6.79 Å². The van der Waals surface area contributed by atoms with Crippen LogP contribution in [0.25, 0.3) is 0 Å². The highest BCUT2D eigenvalue weighted by Crippen LogP contribution is 2.32. The fourth-order valence-electron chi connectivity index (χ4n) is 3.03. The quantitative estimate of drug-likeness (QED) is 0.643. The molecule has 0 unspecified atom stereocenters. The predicted octanol–water partition coefficient (Wildman–Crippen LogP) is 3.53. The van der Waals surface area contributed by atoms with Crippen LogP contribution in [-0.2, 0) is 13.0 Å². The number of amides is 1. The zero-order valence-electron chi connectivity index (χ0n) is 15.7. The van der Waals surface area contributed by atoms with Crippen molar-refractivity contribution in [3.05, 3.63) is 83.4 Å². The van der Waals surface area contributed by atoms with Crippen molar-refractivity contribution in [2.45, 2.75) is 13.0 Å². The molecule has 0 saturated carbocycles. The molecule has 29 heavy (non-hydrogen) atoms. The lowest BCUT2D eigenvalue weighted by Gasteiger charge is -2.09. The lowest BCUT2D eigenvalue weighted by molar-refractivity contribution is 0.0953. The Hall–Kier alpha value is -3.61. The van der Waals surface area contributed by atoms with Gasteiger partial charge in [-0.2, -0.15) is 0 Å². The molecule has 6 nitrogen and oxygen atoms in total. The Morgan fingerprint density at radius 2 is 1.93 bits per heavy atom. The lowest BCUT2D eigenvalue weighted by atomic mass is 10.1. The molecule has 1 amide bonds. The second-order valence-electron chi connectivity index (χ2n) is 6.60. The van der Waals surface area contributed by atoms with Crippen LogP contribution >= 0.6 is 0 Å². The second kappa shape index (κ2) is 8.60. The van der Waals surface area contributed by atoms with Gasteiger partial charge in [0.25, 0.3) is 5.91 Å². The molecule has 148 valence electrons. The van der Waals surface area contributed by atoms with Crippen LogP contribution in [0.5, 0.6) is 11.5 Å². The summed E-state index contributed by atoms with van der Waals surface area (Å²) in [6, 6.07) is 14.0. The smallest absolute Gasteiger partial charge is 0.252 e. The van der Waals surface area contributed by atoms with Gasteiger partial charge in [-0.3, -0.25) is 9.78 Å². The van der Waals surface area contributed by atoms with E-state index in [4.69, 9.17) is 9.47 Å². The summed E-state index contributed by atoms with van der Waals surface area (Å²) in [6.45, 7) is 1.13. The van der Waals surface area contributed by atoms with E-state index < -0.39 is 0 Å². The van der Waals surface area contributed by atoms with Crippen molar-refractivity contribution in [3.63, 3.8) is 0 Å². The summed E-state index contributed by atoms with van der Waals surface area (Å²) in [7, 11) is 0. The van der Waals surface area contributed by atoms with E-state index in [2.05, 4.69) is 15.6 Å². The molecule has 0 atom stereocenters. The molecule has 1 aromatic heterocycles. The number of pyridine rings is 1. The molecule has 7 heteroatoms. The van der Waals surface area contributed by atoms with E-state index in [1.807, 2.05) is 18.2 Å². The number of nitrogens with one attached hydrogen (secondary N) is 2. The van der Waals surface area contributed by atoms with E-state index in [0.29, 0.717) is 30.6 Å². The molecule has 1 aliphatic rings. The normalized spacial score (nSPS) is 11.9. The van der Waals surface area contributed by atoms with Gasteiger partial charge in [-0.25, -0.2) is 4.39 Å². The average molecular weight is 393 g/mol. The van der Waals surface area contributed by atoms with Crippen molar-refractivity contribution in [1.82, 2.24) is 10.3 Å². The van der Waals surface area contributed by atoms with E-state index >= 15 is 0 Å². The highest BCUT2D eigenvalue weighted by molar-refractivity contribution is 5.94. The molecule has 0 fully saturated rings. The van der Waals surface area contributed by atoms with Crippen LogP contribution in [0.1, 0.15) is 21.5 Å². The van der Waals surface area contributed by atoms with Crippen molar-refractivity contribution >= 4 is 11.6 Å². The van der Waals surface area contributed by atoms with Crippen LogP contribution in [0, 0.1) is 5.82 Å². The monoisotopic (exact) mass is 393 g/mol. The fraction of sp³-hybridized carbons (Fsp3) is 0.182. The number of aromatic nitrogens is 1. The summed E-state index contributed by atoms with van der Waals surface area (Å²) in [5, 5.41) is 6.05. The fourth-order valence-corrected chi connectivity index (χ4v) is 3.03. The van der Waals surface area contributed by atoms with Crippen LogP contribution in [0.2, 0.25) is 0 Å². The standard InChI is InChI=1S/C22H20FN3O3/c23-19-4-2-1-3-16(19)7-8-25-22(27)17-10-18(13-24-12-17)26-11-15-5-6-20-21(9-15)29-14-28-20/h1-6,9-10,12-13,26H,7-8,11,14H2,(H,25,27). The number of anilines is 1. The third-order valence-corrected chi connectivity index (χ3v) is 4.57. The summed E-state index contributed by atoms with van der Waals surface area (Å²) in [6.07, 6.45) is 3.58. The molecule has 0 bridgehead atoms. The minimum absolute atomic E-state index is 0.240. The summed E-state index contributed by atoms with van der Waals surface area (Å²) < 4.78 is 24.3. The Morgan fingerprint density at radius 1 is 1.07 bits per heavy atom. The number of hydrogen-bond donors (Lipinski definition) is 2. The van der Waals surface area contributed by atoms with E-state index in [-0.39, 0.29) is 18.5 Å². The number of halogens is 1. The lowest BCUT2D eigenvalue weighted by Crippen LogP contribution is -2.26. The Balaban J connectivity index is 1.32. The summed E-state index contributed by atoms with van der Waals surface area (Å²) in [5.41, 5.74) is 2.76. The maximum absolute atomic E-state index is 13.6. The van der Waals surface area contributed by atoms with E-state index in [1.165, 1.54) is 12.3 Å². The first-order valence-electron chi connectivity index (χ1n) is 9.28. The SMILES string of the molecule is O=C(NCCc1ccccc1F)c1cncc(NCc2ccc3c(c2)OCO3)c1. The first-order valence-corrected chi connectivity index (χ1v) is 9.28. The first-order chi connectivity index (χ1) is 14.2. The minimum atomic E-state index is -0.266. The van der Waals surface area contributed by atoms with Crippen LogP contribution in [0.15, 0.2) is 60.9 Å². The predicted molar refractivity (Wildman–Crippen MR) is 107 cm³/mol. The van der Waals surface area contributed by atoms with Gasteiger partial charge < -0.3 is 20.1 Å². The van der Waals surface area contributed by atoms with Crippen molar-refractivity contribution in [3.8, 4) is 11.5 Å². The highest BCUT2D eigenvalue weighted by Gasteiger charge is 2.13. The van der Waals surface area contributed by atoms with Gasteiger partial charge in [0.15, 0.2) is 11.5 Å². The summed E-state index contributed by atoms with van der Waals surface area (Å²) >= 11 is 0. The number of ether oxygens (including phenoxy) is 2. The van der Waals surface area contributed by atoms with Crippen LogP contribution in [-0.4, -0.2) is 24.2 Å². The molecule has 2 N–H and O–H groups in total. The Kier molecular flexibility index (Phi) is 5.56. The summed E-state index contributed by atoms with van der Waals surface area (Å²) in [4.78, 5) is 16.5. The maximum Gasteiger partial charge on any atom is 0.252 e. The third kappa shape index (κ3) is 4.63. The van der Waals surface area contributed by atoms with Crippen LogP contribution in [0.4, 0.5) is 10.1 Å². The molecule has 0 radical (unpaired) electrons. The van der Waals surface area contributed by atoms with Gasteiger partial charge in [-0.05, 0) is 41.8 Å². The molecule has 2 heterocycles. The Labute approximate surface area is 167 Å². The first kappa shape index (κ1) is 18.7. The number of rotatable bonds is 7. The van der Waals surface area contributed by atoms with Gasteiger partial charge in [-0.15, -0.1) is 0 Å². The van der Waals surface area contributed by atoms with Crippen LogP contribution < -0.4 is 20.1 Å². The number of benzene rings is 2. The van der Waals surface area contributed by atoms with Gasteiger partial charge in [0, 0.05) is 25.5 Å². The number of fused-ring (bicyclic) bond motifs is 1. The van der Waals surface area contributed by atoms with E-state index in [0.717, 1.165) is 22.7 Å². The zero-order valence-corrected chi connectivity index (χ0v) is 15.7. The van der Waals surface area contributed by atoms with Gasteiger partial charge >= 0.3 is 0 Å². The average Bonchev–Trinajstić information content (AvgIpc) is 3.22. The number of hydrogen-bond acceptors (Lipinski definition) is 5. The Bertz CT molecular complexity index is 1030. The van der Waals surface area contributed by atoms with Gasteiger partial charge in [-0.1, -0.05) is 24.3 Å². The molecule has 4 rings (SSSR count). The van der Waals surface area contributed by atoms with Crippen molar-refractivity contribution in [2.75, 3.05) is 18.7 Å². The molecular formula is C22H20FN3O3. The van der Waals surface area contributed by atoms with Crippen molar-refractivity contribution in [2.24, 2.45) is 0 Å². The maximum atomic E-state index is 13.6. The largest absolute Gasteiger partial charge is 0.454 e. The number of carbonyl (C=O) groups excluding carboxylic acids is 1. The van der Waals surface area contributed by atoms with Gasteiger partial charge in [0.05, 0.1) is 11.3 Å².